The van der Waals surface area contributed by atoms with E-state index >= 15 is 4.79 Å². The molecule has 1 amide bonds. The van der Waals surface area contributed by atoms with Crippen LogP contribution >= 0.6 is 18.6 Å². The number of carbonyl (C=O) groups is 5. The second-order valence-corrected chi connectivity index (χ2v) is 18.0. The molecule has 1 aliphatic rings. The Bertz CT molecular complexity index is 2380. The summed E-state index contributed by atoms with van der Waals surface area (Å²) in [6.07, 6.45) is -0.0122. The smallest absolute Gasteiger partial charge is 0.367 e. The van der Waals surface area contributed by atoms with E-state index in [1.54, 1.807) is 36.4 Å². The van der Waals surface area contributed by atoms with Gasteiger partial charge in [-0.25, -0.2) is 9.59 Å². The average molecular weight is 864 g/mol. The zero-order valence-corrected chi connectivity index (χ0v) is 34.3. The van der Waals surface area contributed by atoms with E-state index in [1.807, 2.05) is 54.6 Å². The number of ketones is 1. The van der Waals surface area contributed by atoms with E-state index in [2.05, 4.69) is 0 Å². The van der Waals surface area contributed by atoms with Gasteiger partial charge in [-0.05, 0) is 69.5 Å². The molecule has 5 aromatic carbocycles. The fourth-order valence-electron chi connectivity index (χ4n) is 6.95. The second-order valence-electron chi connectivity index (χ2n) is 13.6. The molecule has 5 aromatic rings. The van der Waals surface area contributed by atoms with Gasteiger partial charge in [-0.1, -0.05) is 91.0 Å². The number of esters is 2. The molecule has 1 aliphatic heterocycles. The third-order valence-electron chi connectivity index (χ3n) is 9.79. The number of nitro benzene ring substituents is 2. The van der Waals surface area contributed by atoms with Crippen LogP contribution in [-0.2, 0) is 46.6 Å². The van der Waals surface area contributed by atoms with Crippen molar-refractivity contribution >= 4 is 80.3 Å². The molecule has 15 nitrogen and oxygen atoms in total. The minimum atomic E-state index is -3.47. The molecule has 1 fully saturated rings. The van der Waals surface area contributed by atoms with Crippen LogP contribution in [0.3, 0.4) is 0 Å². The van der Waals surface area contributed by atoms with Crippen molar-refractivity contribution in [3.05, 3.63) is 171 Å². The van der Waals surface area contributed by atoms with Gasteiger partial charge in [-0.2, -0.15) is 0 Å². The van der Waals surface area contributed by atoms with E-state index in [0.717, 1.165) is 23.6 Å². The van der Waals surface area contributed by atoms with Gasteiger partial charge >= 0.3 is 17.2 Å². The van der Waals surface area contributed by atoms with Crippen LogP contribution in [-0.4, -0.2) is 67.5 Å². The molecule has 0 spiro atoms. The van der Waals surface area contributed by atoms with Gasteiger partial charge in [-0.3, -0.25) is 39.5 Å². The van der Waals surface area contributed by atoms with E-state index in [9.17, 15) is 39.4 Å². The molecular weight excluding hydrogens is 826 g/mol. The number of hydrogen-bond donors (Lipinski definition) is 0. The van der Waals surface area contributed by atoms with Crippen molar-refractivity contribution in [2.24, 2.45) is 5.92 Å². The van der Waals surface area contributed by atoms with Gasteiger partial charge in [0.1, 0.15) is 24.7 Å². The molecule has 0 radical (unpaired) electrons. The number of nitro groups is 2. The number of rotatable bonds is 17. The summed E-state index contributed by atoms with van der Waals surface area (Å²) in [6.45, 7) is -3.54. The molecule has 1 saturated heterocycles. The molecule has 0 N–H and O–H groups in total. The SMILES string of the molecule is CC(=O)OCC(=O)[C@H]1[C@H](CCSC(=O)OCc2ccc([N+](=O)[O-])cc2)C(=O)N1C(C(=O)OCc1ccc([N+](=O)[O-])cc1)=P(c1ccccc1)(c1ccccc1)c1ccccc1. The zero-order valence-electron chi connectivity index (χ0n) is 32.6. The monoisotopic (exact) mass is 863 g/mol. The average Bonchev–Trinajstić information content (AvgIpc) is 3.28. The number of Topliss-reactive ketones (excluding diaryl/α,β-unsaturated/α-hetero) is 1. The number of likely N-dealkylation sites (tertiary alicyclic amines) is 1. The van der Waals surface area contributed by atoms with E-state index in [4.69, 9.17) is 14.2 Å². The maximum atomic E-state index is 15.1. The number of amides is 1. The summed E-state index contributed by atoms with van der Waals surface area (Å²) >= 11 is 0.766. The van der Waals surface area contributed by atoms with Crippen LogP contribution in [0.4, 0.5) is 16.2 Å². The lowest BCUT2D eigenvalue weighted by Gasteiger charge is -2.49. The molecule has 0 saturated carbocycles. The first-order valence-electron chi connectivity index (χ1n) is 18.8. The molecule has 0 unspecified atom stereocenters. The van der Waals surface area contributed by atoms with Gasteiger partial charge < -0.3 is 14.2 Å². The molecule has 0 aromatic heterocycles. The van der Waals surface area contributed by atoms with Crippen LogP contribution in [0, 0.1) is 26.1 Å². The molecule has 61 heavy (non-hydrogen) atoms. The summed E-state index contributed by atoms with van der Waals surface area (Å²) in [6, 6.07) is 36.9. The van der Waals surface area contributed by atoms with Gasteiger partial charge in [0.2, 0.25) is 5.91 Å². The Labute approximate surface area is 353 Å². The standard InChI is InChI=1S/C44H38N3O12PS/c1-30(48)57-29-39(49)40-38(25-26-61-44(52)59-28-32-19-23-34(24-20-32)47(55)56)41(50)45(40)42(43(51)58-27-31-17-21-33(22-18-31)46(53)54)60(35-11-5-2-6-12-35,36-13-7-3-8-14-36)37-15-9-4-10-16-37/h2-24,38,40H,25-29H2,1H3/t38-,40+/m0/s1. The number of carbonyl (C=O) groups excluding carboxylic acids is 5. The summed E-state index contributed by atoms with van der Waals surface area (Å²) in [7, 11) is 0. The Hall–Kier alpha value is -6.90. The lowest BCUT2D eigenvalue weighted by Crippen LogP contribution is -2.69. The van der Waals surface area contributed by atoms with Crippen LogP contribution in [0.2, 0.25) is 0 Å². The number of benzene rings is 5. The first kappa shape index (κ1) is 43.7. The maximum Gasteiger partial charge on any atom is 0.367 e. The van der Waals surface area contributed by atoms with Crippen LogP contribution < -0.4 is 15.9 Å². The molecule has 17 heteroatoms. The Balaban J connectivity index is 1.42. The van der Waals surface area contributed by atoms with Crippen molar-refractivity contribution in [2.75, 3.05) is 12.4 Å². The van der Waals surface area contributed by atoms with Crippen LogP contribution in [0.5, 0.6) is 0 Å². The lowest BCUT2D eigenvalue weighted by molar-refractivity contribution is -0.385. The highest BCUT2D eigenvalue weighted by Gasteiger charge is 2.56. The number of thioether (sulfide) groups is 1. The minimum absolute atomic E-state index is 0.0122. The number of non-ortho nitro benzene ring substituents is 2. The highest BCUT2D eigenvalue weighted by atomic mass is 32.2. The van der Waals surface area contributed by atoms with Gasteiger partial charge in [0.15, 0.2) is 12.4 Å². The normalized spacial score (nSPS) is 14.6. The van der Waals surface area contributed by atoms with E-state index < -0.39 is 64.2 Å². The Kier molecular flexibility index (Phi) is 14.2. The maximum absolute atomic E-state index is 15.1. The Morgan fingerprint density at radius 3 is 1.52 bits per heavy atom. The number of β-lactam (4-membered cyclic amide) rings is 1. The van der Waals surface area contributed by atoms with Crippen molar-refractivity contribution in [3.63, 3.8) is 0 Å². The van der Waals surface area contributed by atoms with Gasteiger partial charge in [0, 0.05) is 43.8 Å². The quantitative estimate of drug-likeness (QED) is 0.0260. The van der Waals surface area contributed by atoms with Crippen molar-refractivity contribution in [1.82, 2.24) is 4.90 Å². The van der Waals surface area contributed by atoms with Crippen molar-refractivity contribution in [2.45, 2.75) is 32.6 Å². The minimum Gasteiger partial charge on any atom is -0.458 e. The number of nitrogens with zero attached hydrogens (tertiary/aromatic N) is 3. The van der Waals surface area contributed by atoms with Crippen molar-refractivity contribution in [1.29, 1.82) is 0 Å². The summed E-state index contributed by atoms with van der Waals surface area (Å²) in [5.74, 6) is -3.96. The lowest BCUT2D eigenvalue weighted by atomic mass is 9.82. The fraction of sp³-hybridized carbons (Fsp3) is 0.182. The molecule has 312 valence electrons. The summed E-state index contributed by atoms with van der Waals surface area (Å²) in [5.41, 5.74) is 0.554. The largest absolute Gasteiger partial charge is 0.458 e. The highest BCUT2D eigenvalue weighted by Crippen LogP contribution is 2.50. The summed E-state index contributed by atoms with van der Waals surface area (Å²) in [5, 5.41) is 23.6. The van der Waals surface area contributed by atoms with Gasteiger partial charge in [0.05, 0.1) is 15.8 Å². The van der Waals surface area contributed by atoms with E-state index in [0.29, 0.717) is 27.0 Å². The van der Waals surface area contributed by atoms with Crippen LogP contribution in [0.1, 0.15) is 24.5 Å². The molecular formula is C44H38N3O12PS. The van der Waals surface area contributed by atoms with Crippen molar-refractivity contribution < 1.29 is 48.0 Å². The molecule has 0 bridgehead atoms. The van der Waals surface area contributed by atoms with Gasteiger partial charge in [0.25, 0.3) is 11.4 Å². The van der Waals surface area contributed by atoms with Gasteiger partial charge in [-0.15, -0.1) is 0 Å². The summed E-state index contributed by atoms with van der Waals surface area (Å²) in [4.78, 5) is 91.2. The topological polar surface area (TPSA) is 203 Å². The first-order valence-corrected chi connectivity index (χ1v) is 21.5. The highest BCUT2D eigenvalue weighted by molar-refractivity contribution is 8.13. The van der Waals surface area contributed by atoms with Crippen LogP contribution in [0.15, 0.2) is 140 Å². The van der Waals surface area contributed by atoms with E-state index in [1.165, 1.54) is 48.5 Å². The van der Waals surface area contributed by atoms with Crippen molar-refractivity contribution in [3.8, 4) is 0 Å². The number of hydrogen-bond acceptors (Lipinski definition) is 13. The Morgan fingerprint density at radius 2 is 1.10 bits per heavy atom. The zero-order chi connectivity index (χ0) is 43.5. The fourth-order valence-corrected chi connectivity index (χ4v) is 12.0. The molecule has 0 aliphatic carbocycles. The molecule has 1 heterocycles. The van der Waals surface area contributed by atoms with Crippen LogP contribution in [0.25, 0.3) is 0 Å². The Morgan fingerprint density at radius 1 is 0.656 bits per heavy atom. The van der Waals surface area contributed by atoms with E-state index in [-0.39, 0.29) is 42.2 Å². The summed E-state index contributed by atoms with van der Waals surface area (Å²) < 4.78 is 16.5. The molecule has 6 rings (SSSR count). The predicted molar refractivity (Wildman–Crippen MR) is 229 cm³/mol. The first-order chi connectivity index (χ1) is 29.4. The third kappa shape index (κ3) is 9.94. The number of ether oxygens (including phenoxy) is 3. The molecule has 2 atom stereocenters. The predicted octanol–water partition coefficient (Wildman–Crippen LogP) is 6.09. The second kappa shape index (κ2) is 19.9. The third-order valence-corrected chi connectivity index (χ3v) is 14.8.